The molecule has 1 aromatic heterocycles. The van der Waals surface area contributed by atoms with Crippen molar-refractivity contribution >= 4 is 10.0 Å². The van der Waals surface area contributed by atoms with Crippen LogP contribution in [0.2, 0.25) is 0 Å². The van der Waals surface area contributed by atoms with Gasteiger partial charge in [-0.05, 0) is 43.2 Å². The Morgan fingerprint density at radius 1 is 1.19 bits per heavy atom. The number of sulfonamides is 1. The molecule has 1 aromatic carbocycles. The highest BCUT2D eigenvalue weighted by atomic mass is 32.2. The van der Waals surface area contributed by atoms with Gasteiger partial charge in [-0.15, -0.1) is 0 Å². The van der Waals surface area contributed by atoms with Crippen molar-refractivity contribution in [3.8, 4) is 0 Å². The van der Waals surface area contributed by atoms with Crippen LogP contribution in [0.15, 0.2) is 47.8 Å². The fourth-order valence-electron chi connectivity index (χ4n) is 2.56. The van der Waals surface area contributed by atoms with Crippen molar-refractivity contribution in [2.24, 2.45) is 0 Å². The van der Waals surface area contributed by atoms with E-state index in [9.17, 15) is 12.8 Å². The highest BCUT2D eigenvalue weighted by Gasteiger charge is 2.36. The summed E-state index contributed by atoms with van der Waals surface area (Å²) >= 11 is 0. The average molecular weight is 307 g/mol. The summed E-state index contributed by atoms with van der Waals surface area (Å²) in [5.41, 5.74) is 0.688. The molecule has 1 atom stereocenters. The van der Waals surface area contributed by atoms with Crippen LogP contribution >= 0.6 is 0 Å². The molecule has 0 spiro atoms. The van der Waals surface area contributed by atoms with Gasteiger partial charge in [-0.1, -0.05) is 0 Å². The van der Waals surface area contributed by atoms with E-state index in [2.05, 4.69) is 9.97 Å². The second-order valence-electron chi connectivity index (χ2n) is 4.86. The van der Waals surface area contributed by atoms with Gasteiger partial charge in [0.2, 0.25) is 10.0 Å². The van der Waals surface area contributed by atoms with Crippen molar-refractivity contribution in [2.75, 3.05) is 6.54 Å². The van der Waals surface area contributed by atoms with Gasteiger partial charge < -0.3 is 0 Å². The highest BCUT2D eigenvalue weighted by Crippen LogP contribution is 2.35. The molecule has 0 bridgehead atoms. The van der Waals surface area contributed by atoms with E-state index in [0.29, 0.717) is 12.2 Å². The number of benzene rings is 1. The van der Waals surface area contributed by atoms with Crippen LogP contribution in [0.1, 0.15) is 24.6 Å². The lowest BCUT2D eigenvalue weighted by atomic mass is 10.1. The Kier molecular flexibility index (Phi) is 3.69. The first-order valence-corrected chi connectivity index (χ1v) is 8.06. The van der Waals surface area contributed by atoms with E-state index in [0.717, 1.165) is 25.0 Å². The number of aromatic nitrogens is 2. The zero-order valence-electron chi connectivity index (χ0n) is 11.2. The minimum atomic E-state index is -3.65. The summed E-state index contributed by atoms with van der Waals surface area (Å²) < 4.78 is 39.8. The van der Waals surface area contributed by atoms with E-state index in [1.807, 2.05) is 0 Å². The van der Waals surface area contributed by atoms with Crippen LogP contribution in [0.4, 0.5) is 4.39 Å². The smallest absolute Gasteiger partial charge is 0.243 e. The first kappa shape index (κ1) is 14.1. The molecule has 0 radical (unpaired) electrons. The number of rotatable bonds is 3. The molecule has 0 saturated carbocycles. The quantitative estimate of drug-likeness (QED) is 0.871. The van der Waals surface area contributed by atoms with Crippen LogP contribution in [-0.4, -0.2) is 29.2 Å². The second-order valence-corrected chi connectivity index (χ2v) is 6.75. The molecule has 0 N–H and O–H groups in total. The van der Waals surface area contributed by atoms with E-state index >= 15 is 0 Å². The summed E-state index contributed by atoms with van der Waals surface area (Å²) in [5, 5.41) is 0. The Morgan fingerprint density at radius 3 is 2.62 bits per heavy atom. The lowest BCUT2D eigenvalue weighted by Gasteiger charge is -2.23. The summed E-state index contributed by atoms with van der Waals surface area (Å²) in [5.74, 6) is -0.456. The summed E-state index contributed by atoms with van der Waals surface area (Å²) in [6.45, 7) is 0.439. The standard InChI is InChI=1S/C14H14FN3O2S/c15-11-3-5-12(6-4-11)21(19,20)18-9-1-2-14(18)13-7-8-16-10-17-13/h3-8,10,14H,1-2,9H2. The summed E-state index contributed by atoms with van der Waals surface area (Å²) in [6, 6.07) is 6.33. The predicted octanol–water partition coefficient (Wildman–Crippen LogP) is 2.14. The summed E-state index contributed by atoms with van der Waals surface area (Å²) in [6.07, 6.45) is 4.51. The van der Waals surface area contributed by atoms with Gasteiger partial charge in [0.1, 0.15) is 12.1 Å². The molecule has 1 fully saturated rings. The van der Waals surface area contributed by atoms with E-state index in [1.165, 1.54) is 22.8 Å². The Labute approximate surface area is 122 Å². The predicted molar refractivity (Wildman–Crippen MR) is 74.3 cm³/mol. The maximum Gasteiger partial charge on any atom is 0.243 e. The van der Waals surface area contributed by atoms with Crippen molar-refractivity contribution in [1.82, 2.24) is 14.3 Å². The molecule has 2 heterocycles. The van der Waals surface area contributed by atoms with Gasteiger partial charge in [0.05, 0.1) is 16.6 Å². The van der Waals surface area contributed by atoms with Crippen molar-refractivity contribution in [3.63, 3.8) is 0 Å². The van der Waals surface area contributed by atoms with Gasteiger partial charge in [0.25, 0.3) is 0 Å². The average Bonchev–Trinajstić information content (AvgIpc) is 2.99. The van der Waals surface area contributed by atoms with Crippen LogP contribution in [0.5, 0.6) is 0 Å². The minimum absolute atomic E-state index is 0.102. The van der Waals surface area contributed by atoms with Gasteiger partial charge >= 0.3 is 0 Å². The van der Waals surface area contributed by atoms with Crippen LogP contribution in [-0.2, 0) is 10.0 Å². The van der Waals surface area contributed by atoms with Crippen molar-refractivity contribution in [2.45, 2.75) is 23.8 Å². The van der Waals surface area contributed by atoms with E-state index < -0.39 is 15.8 Å². The maximum atomic E-state index is 13.0. The van der Waals surface area contributed by atoms with Crippen LogP contribution in [0.25, 0.3) is 0 Å². The third-order valence-electron chi connectivity index (χ3n) is 3.57. The van der Waals surface area contributed by atoms with Crippen LogP contribution in [0.3, 0.4) is 0 Å². The van der Waals surface area contributed by atoms with Crippen LogP contribution in [0, 0.1) is 5.82 Å². The third-order valence-corrected chi connectivity index (χ3v) is 5.49. The Bertz CT molecular complexity index is 720. The zero-order chi connectivity index (χ0) is 14.9. The molecule has 1 aliphatic heterocycles. The molecule has 3 rings (SSSR count). The lowest BCUT2D eigenvalue weighted by molar-refractivity contribution is 0.390. The summed E-state index contributed by atoms with van der Waals surface area (Å²) in [7, 11) is -3.65. The number of nitrogens with zero attached hydrogens (tertiary/aromatic N) is 3. The van der Waals surface area contributed by atoms with E-state index in [4.69, 9.17) is 0 Å². The molecule has 0 aliphatic carbocycles. The Balaban J connectivity index is 1.96. The lowest BCUT2D eigenvalue weighted by Crippen LogP contribution is -2.31. The van der Waals surface area contributed by atoms with Crippen molar-refractivity contribution < 1.29 is 12.8 Å². The molecule has 21 heavy (non-hydrogen) atoms. The molecule has 1 saturated heterocycles. The zero-order valence-corrected chi connectivity index (χ0v) is 12.0. The molecule has 2 aromatic rings. The fourth-order valence-corrected chi connectivity index (χ4v) is 4.23. The van der Waals surface area contributed by atoms with Gasteiger partial charge in [-0.25, -0.2) is 22.8 Å². The third kappa shape index (κ3) is 2.66. The largest absolute Gasteiger partial charge is 0.245 e. The molecular formula is C14H14FN3O2S. The normalized spacial score (nSPS) is 19.8. The van der Waals surface area contributed by atoms with Gasteiger partial charge in [-0.3, -0.25) is 0 Å². The van der Waals surface area contributed by atoms with E-state index in [-0.39, 0.29) is 10.9 Å². The van der Waals surface area contributed by atoms with Crippen molar-refractivity contribution in [1.29, 1.82) is 0 Å². The van der Waals surface area contributed by atoms with Gasteiger partial charge in [-0.2, -0.15) is 4.31 Å². The first-order valence-electron chi connectivity index (χ1n) is 6.62. The maximum absolute atomic E-state index is 13.0. The topological polar surface area (TPSA) is 63.2 Å². The molecule has 7 heteroatoms. The monoisotopic (exact) mass is 307 g/mol. The number of hydrogen-bond donors (Lipinski definition) is 0. The Hall–Kier alpha value is -1.86. The van der Waals surface area contributed by atoms with Crippen LogP contribution < -0.4 is 0 Å². The molecule has 1 aliphatic rings. The van der Waals surface area contributed by atoms with Gasteiger partial charge in [0, 0.05) is 12.7 Å². The van der Waals surface area contributed by atoms with E-state index in [1.54, 1.807) is 12.3 Å². The molecule has 110 valence electrons. The SMILES string of the molecule is O=S(=O)(c1ccc(F)cc1)N1CCCC1c1ccncn1. The second kappa shape index (κ2) is 5.50. The van der Waals surface area contributed by atoms with Gasteiger partial charge in [0.15, 0.2) is 0 Å². The molecule has 0 amide bonds. The molecular weight excluding hydrogens is 293 g/mol. The first-order chi connectivity index (χ1) is 10.1. The summed E-state index contributed by atoms with van der Waals surface area (Å²) in [4.78, 5) is 8.11. The Morgan fingerprint density at radius 2 is 1.95 bits per heavy atom. The molecule has 5 nitrogen and oxygen atoms in total. The van der Waals surface area contributed by atoms with Crippen molar-refractivity contribution in [3.05, 3.63) is 54.4 Å². The minimum Gasteiger partial charge on any atom is -0.245 e. The molecule has 1 unspecified atom stereocenters. The fraction of sp³-hybridized carbons (Fsp3) is 0.286. The number of halogens is 1. The number of hydrogen-bond acceptors (Lipinski definition) is 4. The highest BCUT2D eigenvalue weighted by molar-refractivity contribution is 7.89.